The molecule has 1 aromatic heterocycles. The van der Waals surface area contributed by atoms with Crippen molar-refractivity contribution in [1.29, 1.82) is 0 Å². The molecule has 2 aromatic rings. The first-order chi connectivity index (χ1) is 9.04. The highest BCUT2D eigenvalue weighted by molar-refractivity contribution is 5.75. The smallest absolute Gasteiger partial charge is 0.219 e. The average Bonchev–Trinajstić information content (AvgIpc) is 2.73. The van der Waals surface area contributed by atoms with Gasteiger partial charge in [0.2, 0.25) is 5.89 Å². The Kier molecular flexibility index (Phi) is 2.85. The van der Waals surface area contributed by atoms with Crippen molar-refractivity contribution in [3.63, 3.8) is 0 Å². The maximum absolute atomic E-state index is 9.45. The van der Waals surface area contributed by atoms with Gasteiger partial charge in [-0.15, -0.1) is 0 Å². The number of allylic oxidation sites excluding steroid dienone is 1. The fourth-order valence-corrected chi connectivity index (χ4v) is 2.79. The van der Waals surface area contributed by atoms with Crippen LogP contribution in [0.5, 0.6) is 5.75 Å². The lowest BCUT2D eigenvalue weighted by atomic mass is 9.73. The molecule has 3 nitrogen and oxygen atoms in total. The first-order valence-corrected chi connectivity index (χ1v) is 6.85. The Balaban J connectivity index is 2.00. The van der Waals surface area contributed by atoms with E-state index in [0.717, 1.165) is 12.0 Å². The van der Waals surface area contributed by atoms with Crippen molar-refractivity contribution in [3.05, 3.63) is 29.7 Å². The van der Waals surface area contributed by atoms with E-state index < -0.39 is 0 Å². The zero-order chi connectivity index (χ0) is 13.5. The van der Waals surface area contributed by atoms with Crippen molar-refractivity contribution in [1.82, 2.24) is 4.98 Å². The Morgan fingerprint density at radius 2 is 2.16 bits per heavy atom. The van der Waals surface area contributed by atoms with E-state index >= 15 is 0 Å². The van der Waals surface area contributed by atoms with Gasteiger partial charge in [0.05, 0.1) is 0 Å². The maximum atomic E-state index is 9.45. The topological polar surface area (TPSA) is 46.3 Å². The predicted molar refractivity (Wildman–Crippen MR) is 75.9 cm³/mol. The van der Waals surface area contributed by atoms with Gasteiger partial charge in [0, 0.05) is 12.1 Å². The monoisotopic (exact) mass is 257 g/mol. The molecule has 1 aliphatic rings. The number of phenols is 1. The Morgan fingerprint density at radius 1 is 1.32 bits per heavy atom. The number of nitrogens with zero attached hydrogens (tertiary/aromatic N) is 1. The van der Waals surface area contributed by atoms with Gasteiger partial charge in [-0.25, -0.2) is 4.98 Å². The summed E-state index contributed by atoms with van der Waals surface area (Å²) in [7, 11) is 0. The van der Waals surface area contributed by atoms with Crippen molar-refractivity contribution in [3.8, 4) is 5.75 Å². The Labute approximate surface area is 113 Å². The average molecular weight is 257 g/mol. The largest absolute Gasteiger partial charge is 0.508 e. The molecule has 100 valence electrons. The number of phenolic OH excluding ortho intramolecular Hbond substituents is 1. The summed E-state index contributed by atoms with van der Waals surface area (Å²) < 4.78 is 5.72. The molecule has 0 atom stereocenters. The molecule has 0 bridgehead atoms. The summed E-state index contributed by atoms with van der Waals surface area (Å²) in [6.45, 7) is 4.57. The van der Waals surface area contributed by atoms with Gasteiger partial charge in [0.25, 0.3) is 0 Å². The van der Waals surface area contributed by atoms with E-state index in [9.17, 15) is 5.11 Å². The van der Waals surface area contributed by atoms with Crippen LogP contribution in [-0.2, 0) is 0 Å². The lowest BCUT2D eigenvalue weighted by Crippen LogP contribution is -2.18. The van der Waals surface area contributed by atoms with Crippen LogP contribution < -0.4 is 0 Å². The van der Waals surface area contributed by atoms with Crippen LogP contribution in [0, 0.1) is 5.41 Å². The minimum absolute atomic E-state index is 0.220. The molecule has 0 saturated heterocycles. The number of rotatable bonds is 1. The highest BCUT2D eigenvalue weighted by Gasteiger charge is 2.26. The molecule has 1 fully saturated rings. The third-order valence-electron chi connectivity index (χ3n) is 4.05. The van der Waals surface area contributed by atoms with E-state index in [1.165, 1.54) is 24.8 Å². The van der Waals surface area contributed by atoms with Gasteiger partial charge in [0.1, 0.15) is 11.3 Å². The van der Waals surface area contributed by atoms with E-state index in [4.69, 9.17) is 4.42 Å². The van der Waals surface area contributed by atoms with Gasteiger partial charge < -0.3 is 9.52 Å². The van der Waals surface area contributed by atoms with Crippen molar-refractivity contribution in [2.24, 2.45) is 5.41 Å². The molecular formula is C16H19NO2. The van der Waals surface area contributed by atoms with Crippen molar-refractivity contribution < 1.29 is 9.52 Å². The molecule has 0 amide bonds. The van der Waals surface area contributed by atoms with Crippen molar-refractivity contribution >= 4 is 17.2 Å². The quantitative estimate of drug-likeness (QED) is 0.817. The summed E-state index contributed by atoms with van der Waals surface area (Å²) in [6.07, 6.45) is 6.97. The van der Waals surface area contributed by atoms with Gasteiger partial charge in [-0.05, 0) is 36.8 Å². The number of benzene rings is 1. The normalized spacial score (nSPS) is 21.1. The molecule has 3 heteroatoms. The number of oxazole rings is 1. The van der Waals surface area contributed by atoms with E-state index in [2.05, 4.69) is 24.9 Å². The van der Waals surface area contributed by atoms with Crippen LogP contribution in [0.4, 0.5) is 0 Å². The predicted octanol–water partition coefficient (Wildman–Crippen LogP) is 4.52. The van der Waals surface area contributed by atoms with Gasteiger partial charge in [-0.3, -0.25) is 0 Å². The second kappa shape index (κ2) is 4.41. The van der Waals surface area contributed by atoms with Crippen molar-refractivity contribution in [2.75, 3.05) is 0 Å². The minimum Gasteiger partial charge on any atom is -0.508 e. The van der Waals surface area contributed by atoms with Crippen molar-refractivity contribution in [2.45, 2.75) is 39.5 Å². The molecular weight excluding hydrogens is 238 g/mol. The van der Waals surface area contributed by atoms with E-state index in [1.807, 2.05) is 0 Å². The first-order valence-electron chi connectivity index (χ1n) is 6.85. The van der Waals surface area contributed by atoms with Crippen LogP contribution in [-0.4, -0.2) is 10.1 Å². The van der Waals surface area contributed by atoms with Crippen LogP contribution in [0.25, 0.3) is 17.2 Å². The molecule has 1 heterocycles. The van der Waals surface area contributed by atoms with E-state index in [0.29, 0.717) is 11.4 Å². The second-order valence-corrected chi connectivity index (χ2v) is 5.96. The second-order valence-electron chi connectivity index (χ2n) is 5.96. The molecule has 1 aliphatic carbocycles. The van der Waals surface area contributed by atoms with Gasteiger partial charge >= 0.3 is 0 Å². The van der Waals surface area contributed by atoms with Crippen LogP contribution in [0.1, 0.15) is 45.4 Å². The maximum Gasteiger partial charge on any atom is 0.219 e. The highest BCUT2D eigenvalue weighted by atomic mass is 16.3. The molecule has 0 aliphatic heterocycles. The molecule has 19 heavy (non-hydrogen) atoms. The van der Waals surface area contributed by atoms with Crippen LogP contribution in [0.15, 0.2) is 28.2 Å². The number of fused-ring (bicyclic) bond motifs is 1. The number of aromatic hydroxyl groups is 1. The van der Waals surface area contributed by atoms with Crippen LogP contribution in [0.3, 0.4) is 0 Å². The lowest BCUT2D eigenvalue weighted by molar-refractivity contribution is 0.338. The Hall–Kier alpha value is -1.77. The minimum atomic E-state index is 0.220. The third kappa shape index (κ3) is 2.37. The Morgan fingerprint density at radius 3 is 2.95 bits per heavy atom. The fraction of sp³-hybridized carbons (Fsp3) is 0.438. The third-order valence-corrected chi connectivity index (χ3v) is 4.05. The molecule has 1 saturated carbocycles. The zero-order valence-electron chi connectivity index (χ0n) is 11.4. The number of aromatic nitrogens is 1. The van der Waals surface area contributed by atoms with Crippen LogP contribution in [0.2, 0.25) is 0 Å². The summed E-state index contributed by atoms with van der Waals surface area (Å²) in [5, 5.41) is 9.45. The lowest BCUT2D eigenvalue weighted by Gasteiger charge is -2.32. The van der Waals surface area contributed by atoms with Gasteiger partial charge in [-0.1, -0.05) is 25.8 Å². The summed E-state index contributed by atoms with van der Waals surface area (Å²) in [5.41, 5.74) is 3.08. The molecule has 0 spiro atoms. The fourth-order valence-electron chi connectivity index (χ4n) is 2.79. The summed E-state index contributed by atoms with van der Waals surface area (Å²) >= 11 is 0. The zero-order valence-corrected chi connectivity index (χ0v) is 11.4. The number of hydrogen-bond donors (Lipinski definition) is 1. The SMILES string of the molecule is CC1(C)CCCC/C1=C/c1nc2cc(O)ccc2o1. The standard InChI is InChI=1S/C16H19NO2/c1-16(2)8-4-3-5-11(16)9-15-17-13-10-12(18)6-7-14(13)19-15/h6-7,9-10,18H,3-5,8H2,1-2H3/b11-9-. The first kappa shape index (κ1) is 12.3. The Bertz CT molecular complexity index is 637. The molecule has 0 radical (unpaired) electrons. The molecule has 1 N–H and O–H groups in total. The van der Waals surface area contributed by atoms with Gasteiger partial charge in [-0.2, -0.15) is 0 Å². The highest BCUT2D eigenvalue weighted by Crippen LogP contribution is 2.41. The molecule has 0 unspecified atom stereocenters. The van der Waals surface area contributed by atoms with E-state index in [-0.39, 0.29) is 11.2 Å². The van der Waals surface area contributed by atoms with E-state index in [1.54, 1.807) is 18.2 Å². The van der Waals surface area contributed by atoms with Gasteiger partial charge in [0.15, 0.2) is 5.58 Å². The summed E-state index contributed by atoms with van der Waals surface area (Å²) in [6, 6.07) is 5.01. The summed E-state index contributed by atoms with van der Waals surface area (Å²) in [4.78, 5) is 4.43. The summed E-state index contributed by atoms with van der Waals surface area (Å²) in [5.74, 6) is 0.864. The van der Waals surface area contributed by atoms with Crippen LogP contribution >= 0.6 is 0 Å². The number of hydrogen-bond acceptors (Lipinski definition) is 3. The molecule has 1 aromatic carbocycles. The molecule has 3 rings (SSSR count).